The van der Waals surface area contributed by atoms with Gasteiger partial charge in [0.25, 0.3) is 0 Å². The smallest absolute Gasteiger partial charge is 0.161 e. The normalized spacial score (nSPS) is 14.0. The van der Waals surface area contributed by atoms with Crippen molar-refractivity contribution in [3.8, 4) is 33.9 Å². The van der Waals surface area contributed by atoms with Gasteiger partial charge in [0.05, 0.1) is 33.7 Å². The lowest BCUT2D eigenvalue weighted by Crippen LogP contribution is -2.01. The third kappa shape index (κ3) is 3.45. The van der Waals surface area contributed by atoms with Crippen LogP contribution in [0, 0.1) is 0 Å². The average Bonchev–Trinajstić information content (AvgIpc) is 3.87. The number of nitrogens with zero attached hydrogens (tertiary/aromatic N) is 3. The first-order valence-corrected chi connectivity index (χ1v) is 16.2. The fourth-order valence-corrected chi connectivity index (χ4v) is 8.04. The minimum absolute atomic E-state index is 0.0534. The van der Waals surface area contributed by atoms with Crippen molar-refractivity contribution in [1.82, 2.24) is 14.4 Å². The Kier molecular flexibility index (Phi) is 5.10. The molecule has 0 aliphatic heterocycles. The molecule has 5 aromatic heterocycles. The second-order valence-electron chi connectivity index (χ2n) is 12.5. The summed E-state index contributed by atoms with van der Waals surface area (Å²) in [6.45, 7) is 0. The van der Waals surface area contributed by atoms with Gasteiger partial charge in [-0.05, 0) is 76.9 Å². The molecule has 5 heterocycles. The maximum Gasteiger partial charge on any atom is 0.161 e. The van der Waals surface area contributed by atoms with Gasteiger partial charge in [-0.15, -0.1) is 0 Å². The van der Waals surface area contributed by atoms with Crippen molar-refractivity contribution in [2.45, 2.75) is 5.92 Å². The lowest BCUT2D eigenvalue weighted by Gasteiger charge is -2.14. The Hall–Kier alpha value is -6.46. The highest BCUT2D eigenvalue weighted by Crippen LogP contribution is 2.49. The lowest BCUT2D eigenvalue weighted by molar-refractivity contribution is 0.482. The molecule has 1 aliphatic rings. The summed E-state index contributed by atoms with van der Waals surface area (Å²) in [5.74, 6) is 1.58. The highest BCUT2D eigenvalue weighted by molar-refractivity contribution is 6.27. The summed E-state index contributed by atoms with van der Waals surface area (Å²) < 4.78 is 15.6. The molecule has 1 aliphatic carbocycles. The predicted octanol–water partition coefficient (Wildman–Crippen LogP) is 11.0. The maximum absolute atomic E-state index is 6.60. The molecular formula is C43H25N3O2. The van der Waals surface area contributed by atoms with E-state index in [1.807, 2.05) is 36.7 Å². The van der Waals surface area contributed by atoms with E-state index in [0.717, 1.165) is 61.4 Å². The quantitative estimate of drug-likeness (QED) is 0.198. The van der Waals surface area contributed by atoms with E-state index < -0.39 is 0 Å². The Labute approximate surface area is 274 Å². The van der Waals surface area contributed by atoms with Crippen molar-refractivity contribution >= 4 is 49.3 Å². The van der Waals surface area contributed by atoms with Gasteiger partial charge in [-0.1, -0.05) is 78.9 Å². The Bertz CT molecular complexity index is 2880. The molecule has 0 N–H and O–H groups in total. The van der Waals surface area contributed by atoms with E-state index in [-0.39, 0.29) is 5.92 Å². The Morgan fingerprint density at radius 3 is 2.35 bits per heavy atom. The maximum atomic E-state index is 6.60. The van der Waals surface area contributed by atoms with Crippen LogP contribution in [0.15, 0.2) is 150 Å². The first kappa shape index (κ1) is 25.7. The standard InChI is InChI=1S/C43H25N3O2/c1-2-13-31-28(11-1)29-19-18-27(24-34(29)38(31)35-16-5-6-21-44-35)47-26-10-7-9-25(23-26)40-39-37(20-22-45-40)48-43-33-15-8-14-32-30-12-3-4-17-36(30)46(41(32)33)42(39)43/h1-24,38H. The number of hydrogen-bond acceptors (Lipinski definition) is 4. The fraction of sp³-hybridized carbons (Fsp3) is 0.0233. The van der Waals surface area contributed by atoms with Gasteiger partial charge in [-0.3, -0.25) is 9.97 Å². The van der Waals surface area contributed by atoms with Crippen LogP contribution >= 0.6 is 0 Å². The van der Waals surface area contributed by atoms with Crippen molar-refractivity contribution < 1.29 is 9.15 Å². The molecule has 48 heavy (non-hydrogen) atoms. The van der Waals surface area contributed by atoms with Crippen molar-refractivity contribution in [2.24, 2.45) is 0 Å². The van der Waals surface area contributed by atoms with Crippen LogP contribution in [-0.4, -0.2) is 14.4 Å². The molecule has 0 saturated heterocycles. The number of para-hydroxylation sites is 2. The number of fused-ring (bicyclic) bond motifs is 11. The van der Waals surface area contributed by atoms with Crippen LogP contribution in [0.5, 0.6) is 11.5 Å². The Morgan fingerprint density at radius 2 is 1.40 bits per heavy atom. The molecular weight excluding hydrogens is 590 g/mol. The van der Waals surface area contributed by atoms with Crippen LogP contribution in [0.1, 0.15) is 22.7 Å². The van der Waals surface area contributed by atoms with Gasteiger partial charge in [0, 0.05) is 34.1 Å². The molecule has 1 atom stereocenters. The number of furan rings is 1. The minimum Gasteiger partial charge on any atom is -0.457 e. The first-order chi connectivity index (χ1) is 23.8. The molecule has 0 saturated carbocycles. The lowest BCUT2D eigenvalue weighted by atomic mass is 9.93. The van der Waals surface area contributed by atoms with Gasteiger partial charge in [-0.25, -0.2) is 0 Å². The monoisotopic (exact) mass is 615 g/mol. The van der Waals surface area contributed by atoms with Crippen molar-refractivity contribution in [3.05, 3.63) is 163 Å². The van der Waals surface area contributed by atoms with Gasteiger partial charge in [0.15, 0.2) is 5.58 Å². The Balaban J connectivity index is 1.05. The van der Waals surface area contributed by atoms with Crippen LogP contribution in [0.2, 0.25) is 0 Å². The number of hydrogen-bond donors (Lipinski definition) is 0. The van der Waals surface area contributed by atoms with Gasteiger partial charge in [0.1, 0.15) is 22.6 Å². The first-order valence-electron chi connectivity index (χ1n) is 16.2. The highest BCUT2D eigenvalue weighted by atomic mass is 16.5. The van der Waals surface area contributed by atoms with Crippen LogP contribution < -0.4 is 4.74 Å². The number of benzene rings is 5. The topological polar surface area (TPSA) is 52.6 Å². The summed E-state index contributed by atoms with van der Waals surface area (Å²) in [6.07, 6.45) is 3.70. The van der Waals surface area contributed by atoms with E-state index in [0.29, 0.717) is 0 Å². The molecule has 0 amide bonds. The van der Waals surface area contributed by atoms with Crippen LogP contribution in [-0.2, 0) is 0 Å². The van der Waals surface area contributed by atoms with E-state index in [1.54, 1.807) is 0 Å². The zero-order valence-corrected chi connectivity index (χ0v) is 25.6. The van der Waals surface area contributed by atoms with Crippen LogP contribution in [0.25, 0.3) is 71.6 Å². The zero-order valence-electron chi connectivity index (χ0n) is 25.6. The molecule has 224 valence electrons. The number of ether oxygens (including phenoxy) is 1. The van der Waals surface area contributed by atoms with E-state index in [1.165, 1.54) is 38.5 Å². The van der Waals surface area contributed by atoms with E-state index >= 15 is 0 Å². The average molecular weight is 616 g/mol. The summed E-state index contributed by atoms with van der Waals surface area (Å²) in [5, 5.41) is 4.57. The number of rotatable bonds is 4. The fourth-order valence-electron chi connectivity index (χ4n) is 8.04. The molecule has 10 aromatic rings. The van der Waals surface area contributed by atoms with Crippen molar-refractivity contribution in [1.29, 1.82) is 0 Å². The SMILES string of the molecule is c1ccc(C2c3ccccc3-c3ccc(Oc4cccc(-c5nccc6oc7c8cccc9c%10ccccc%10n(c98)c7c56)c4)cc32)nc1. The molecule has 0 radical (unpaired) electrons. The number of pyridine rings is 2. The predicted molar refractivity (Wildman–Crippen MR) is 191 cm³/mol. The van der Waals surface area contributed by atoms with Gasteiger partial charge in [-0.2, -0.15) is 0 Å². The van der Waals surface area contributed by atoms with E-state index in [4.69, 9.17) is 19.1 Å². The third-order valence-electron chi connectivity index (χ3n) is 9.96. The summed E-state index contributed by atoms with van der Waals surface area (Å²) >= 11 is 0. The molecule has 5 aromatic carbocycles. The summed E-state index contributed by atoms with van der Waals surface area (Å²) in [4.78, 5) is 9.69. The minimum atomic E-state index is 0.0534. The van der Waals surface area contributed by atoms with Crippen LogP contribution in [0.3, 0.4) is 0 Å². The zero-order chi connectivity index (χ0) is 31.3. The summed E-state index contributed by atoms with van der Waals surface area (Å²) in [7, 11) is 0. The van der Waals surface area contributed by atoms with E-state index in [9.17, 15) is 0 Å². The second kappa shape index (κ2) is 9.53. The molecule has 11 rings (SSSR count). The second-order valence-corrected chi connectivity index (χ2v) is 12.5. The molecule has 1 unspecified atom stereocenters. The van der Waals surface area contributed by atoms with Gasteiger partial charge in [0.2, 0.25) is 0 Å². The molecule has 5 heteroatoms. The van der Waals surface area contributed by atoms with Crippen molar-refractivity contribution in [3.63, 3.8) is 0 Å². The van der Waals surface area contributed by atoms with Crippen molar-refractivity contribution in [2.75, 3.05) is 0 Å². The summed E-state index contributed by atoms with van der Waals surface area (Å²) in [5.41, 5.74) is 12.9. The molecule has 0 spiro atoms. The summed E-state index contributed by atoms with van der Waals surface area (Å²) in [6, 6.07) is 46.3. The molecule has 0 fully saturated rings. The van der Waals surface area contributed by atoms with E-state index in [2.05, 4.69) is 114 Å². The molecule has 0 bridgehead atoms. The Morgan fingerprint density at radius 1 is 0.583 bits per heavy atom. The largest absolute Gasteiger partial charge is 0.457 e. The third-order valence-corrected chi connectivity index (χ3v) is 9.96. The highest BCUT2D eigenvalue weighted by Gasteiger charge is 2.31. The van der Waals surface area contributed by atoms with Crippen LogP contribution in [0.4, 0.5) is 0 Å². The number of aromatic nitrogens is 3. The van der Waals surface area contributed by atoms with Gasteiger partial charge >= 0.3 is 0 Å². The molecule has 5 nitrogen and oxygen atoms in total. The van der Waals surface area contributed by atoms with Gasteiger partial charge < -0.3 is 13.6 Å².